The summed E-state index contributed by atoms with van der Waals surface area (Å²) in [5.41, 5.74) is 2.35. The SMILES string of the molecule is C=C(C1=C(C)CC(C)CCC(C)CCCC/C=C/N=N1)/C(O)=C\C=C/C. The number of allylic oxidation sites excluding steroid dienone is 5. The van der Waals surface area contributed by atoms with Gasteiger partial charge in [0.15, 0.2) is 0 Å². The van der Waals surface area contributed by atoms with Crippen molar-refractivity contribution < 1.29 is 5.11 Å². The minimum Gasteiger partial charge on any atom is -0.507 e. The van der Waals surface area contributed by atoms with Crippen molar-refractivity contribution in [2.45, 2.75) is 72.6 Å². The second-order valence-electron chi connectivity index (χ2n) is 7.56. The third kappa shape index (κ3) is 8.46. The zero-order chi connectivity index (χ0) is 19.4. The highest BCUT2D eigenvalue weighted by Gasteiger charge is 2.14. The molecule has 0 aromatic heterocycles. The molecule has 0 fully saturated rings. The van der Waals surface area contributed by atoms with Crippen molar-refractivity contribution in [1.29, 1.82) is 0 Å². The van der Waals surface area contributed by atoms with Gasteiger partial charge in [0.2, 0.25) is 0 Å². The fourth-order valence-electron chi connectivity index (χ4n) is 3.22. The van der Waals surface area contributed by atoms with Gasteiger partial charge in [0.05, 0.1) is 5.70 Å². The van der Waals surface area contributed by atoms with Crippen molar-refractivity contribution in [3.63, 3.8) is 0 Å². The summed E-state index contributed by atoms with van der Waals surface area (Å²) in [6, 6.07) is 0. The first-order chi connectivity index (χ1) is 12.5. The molecular weight excluding hydrogens is 320 g/mol. The van der Waals surface area contributed by atoms with Crippen molar-refractivity contribution in [2.75, 3.05) is 0 Å². The van der Waals surface area contributed by atoms with E-state index in [2.05, 4.69) is 43.7 Å². The Balaban J connectivity index is 3.07. The Kier molecular flexibility index (Phi) is 10.6. The van der Waals surface area contributed by atoms with Gasteiger partial charge in [0.1, 0.15) is 5.76 Å². The van der Waals surface area contributed by atoms with E-state index in [0.717, 1.165) is 24.3 Å². The number of nitrogens with zero attached hydrogens (tertiary/aromatic N) is 2. The lowest BCUT2D eigenvalue weighted by Crippen LogP contribution is -2.03. The fourth-order valence-corrected chi connectivity index (χ4v) is 3.22. The van der Waals surface area contributed by atoms with Crippen LogP contribution in [0, 0.1) is 11.8 Å². The molecule has 0 spiro atoms. The van der Waals surface area contributed by atoms with E-state index in [-0.39, 0.29) is 5.76 Å². The zero-order valence-corrected chi connectivity index (χ0v) is 17.0. The number of aliphatic hydroxyl groups is 1. The molecule has 26 heavy (non-hydrogen) atoms. The molecule has 2 atom stereocenters. The molecule has 0 aromatic carbocycles. The molecule has 0 saturated heterocycles. The van der Waals surface area contributed by atoms with Crippen LogP contribution in [0.1, 0.15) is 72.6 Å². The Morgan fingerprint density at radius 2 is 1.92 bits per heavy atom. The second-order valence-corrected chi connectivity index (χ2v) is 7.56. The molecule has 1 heterocycles. The van der Waals surface area contributed by atoms with E-state index in [9.17, 15) is 5.11 Å². The number of hydrogen-bond acceptors (Lipinski definition) is 3. The van der Waals surface area contributed by atoms with E-state index in [1.807, 2.05) is 13.0 Å². The third-order valence-corrected chi connectivity index (χ3v) is 4.90. The smallest absolute Gasteiger partial charge is 0.124 e. The molecule has 3 heteroatoms. The lowest BCUT2D eigenvalue weighted by atomic mass is 9.90. The molecule has 0 aliphatic carbocycles. The maximum Gasteiger partial charge on any atom is 0.124 e. The van der Waals surface area contributed by atoms with Gasteiger partial charge in [-0.25, -0.2) is 0 Å². The van der Waals surface area contributed by atoms with Gasteiger partial charge in [-0.15, -0.1) is 0 Å². The summed E-state index contributed by atoms with van der Waals surface area (Å²) in [4.78, 5) is 0. The van der Waals surface area contributed by atoms with Gasteiger partial charge in [-0.3, -0.25) is 0 Å². The molecule has 1 N–H and O–H groups in total. The lowest BCUT2D eigenvalue weighted by molar-refractivity contribution is 0.399. The summed E-state index contributed by atoms with van der Waals surface area (Å²) in [5, 5.41) is 18.9. The van der Waals surface area contributed by atoms with Crippen LogP contribution >= 0.6 is 0 Å². The second kappa shape index (κ2) is 12.5. The van der Waals surface area contributed by atoms with Crippen molar-refractivity contribution in [1.82, 2.24) is 0 Å². The standard InChI is InChI=1S/C23H36N2O/c1-6-7-13-22(26)21(5)23-20(4)17-19(3)15-14-18(2)12-10-8-9-11-16-24-25-23/h6-7,11,13,16,18-19,26H,5,8-10,12,14-15,17H2,1-4H3/b7-6-,16-11+,22-13+,23-20?,25-24?. The molecular formula is C23H36N2O. The summed E-state index contributed by atoms with van der Waals surface area (Å²) in [7, 11) is 0. The predicted octanol–water partition coefficient (Wildman–Crippen LogP) is 7.82. The van der Waals surface area contributed by atoms with Crippen molar-refractivity contribution >= 4 is 0 Å². The largest absolute Gasteiger partial charge is 0.507 e. The summed E-state index contributed by atoms with van der Waals surface area (Å²) < 4.78 is 0. The molecule has 1 rings (SSSR count). The fraction of sp³-hybridized carbons (Fsp3) is 0.565. The van der Waals surface area contributed by atoms with Crippen molar-refractivity contribution in [2.24, 2.45) is 22.1 Å². The summed E-state index contributed by atoms with van der Waals surface area (Å²) >= 11 is 0. The monoisotopic (exact) mass is 356 g/mol. The minimum absolute atomic E-state index is 0.138. The molecule has 0 saturated carbocycles. The van der Waals surface area contributed by atoms with E-state index in [1.54, 1.807) is 18.4 Å². The lowest BCUT2D eigenvalue weighted by Gasteiger charge is -2.17. The molecule has 2 unspecified atom stereocenters. The molecule has 3 nitrogen and oxygen atoms in total. The van der Waals surface area contributed by atoms with Crippen LogP contribution in [0.3, 0.4) is 0 Å². The van der Waals surface area contributed by atoms with E-state index in [4.69, 9.17) is 0 Å². The first-order valence-electron chi connectivity index (χ1n) is 9.92. The highest BCUT2D eigenvalue weighted by molar-refractivity contribution is 5.43. The molecule has 144 valence electrons. The Labute approximate surface area is 160 Å². The van der Waals surface area contributed by atoms with Crippen molar-refractivity contribution in [3.8, 4) is 0 Å². The molecule has 1 aliphatic rings. The van der Waals surface area contributed by atoms with Crippen LogP contribution in [0.2, 0.25) is 0 Å². The number of azo groups is 1. The van der Waals surface area contributed by atoms with E-state index in [0.29, 0.717) is 17.2 Å². The molecule has 0 bridgehead atoms. The van der Waals surface area contributed by atoms with E-state index in [1.165, 1.54) is 32.1 Å². The van der Waals surface area contributed by atoms with Gasteiger partial charge in [-0.05, 0) is 56.6 Å². The Hall–Kier alpha value is -1.90. The topological polar surface area (TPSA) is 45.0 Å². The third-order valence-electron chi connectivity index (χ3n) is 4.90. The van der Waals surface area contributed by atoms with Crippen LogP contribution in [-0.2, 0) is 0 Å². The van der Waals surface area contributed by atoms with E-state index < -0.39 is 0 Å². The summed E-state index contributed by atoms with van der Waals surface area (Å²) in [6.45, 7) is 12.7. The van der Waals surface area contributed by atoms with Crippen LogP contribution < -0.4 is 0 Å². The Morgan fingerprint density at radius 1 is 1.19 bits per heavy atom. The normalized spacial score (nSPS) is 25.8. The van der Waals surface area contributed by atoms with E-state index >= 15 is 0 Å². The predicted molar refractivity (Wildman–Crippen MR) is 112 cm³/mol. The first kappa shape index (κ1) is 22.1. The maximum absolute atomic E-state index is 10.3. The van der Waals surface area contributed by atoms with Gasteiger partial charge in [0, 0.05) is 11.8 Å². The highest BCUT2D eigenvalue weighted by Crippen LogP contribution is 2.28. The average molecular weight is 357 g/mol. The molecule has 0 aromatic rings. The van der Waals surface area contributed by atoms with Gasteiger partial charge >= 0.3 is 0 Å². The quantitative estimate of drug-likeness (QED) is 0.406. The summed E-state index contributed by atoms with van der Waals surface area (Å²) in [5.74, 6) is 1.50. The van der Waals surface area contributed by atoms with Crippen LogP contribution in [0.15, 0.2) is 69.9 Å². The molecule has 1 aliphatic heterocycles. The van der Waals surface area contributed by atoms with Gasteiger partial charge in [0.25, 0.3) is 0 Å². The average Bonchev–Trinajstić information content (AvgIpc) is 2.62. The molecule has 0 radical (unpaired) electrons. The number of aliphatic hydroxyl groups excluding tert-OH is 1. The van der Waals surface area contributed by atoms with Crippen LogP contribution in [0.4, 0.5) is 0 Å². The van der Waals surface area contributed by atoms with Crippen LogP contribution in [-0.4, -0.2) is 5.11 Å². The number of rotatable bonds is 3. The number of hydrogen-bond donors (Lipinski definition) is 1. The zero-order valence-electron chi connectivity index (χ0n) is 17.0. The Bertz CT molecular complexity index is 593. The maximum atomic E-state index is 10.3. The Morgan fingerprint density at radius 3 is 2.65 bits per heavy atom. The van der Waals surface area contributed by atoms with Crippen molar-refractivity contribution in [3.05, 3.63) is 59.7 Å². The first-order valence-corrected chi connectivity index (χ1v) is 9.92. The van der Waals surface area contributed by atoms with Gasteiger partial charge in [-0.2, -0.15) is 10.2 Å². The summed E-state index contributed by atoms with van der Waals surface area (Å²) in [6.07, 6.45) is 17.4. The van der Waals surface area contributed by atoms with Gasteiger partial charge in [-0.1, -0.05) is 64.3 Å². The molecule has 0 amide bonds. The van der Waals surface area contributed by atoms with Gasteiger partial charge < -0.3 is 5.11 Å². The highest BCUT2D eigenvalue weighted by atomic mass is 16.3. The van der Waals surface area contributed by atoms with Crippen LogP contribution in [0.5, 0.6) is 0 Å². The van der Waals surface area contributed by atoms with Crippen LogP contribution in [0.25, 0.3) is 0 Å². The minimum atomic E-state index is 0.138.